The average molecular weight is 270 g/mol. The van der Waals surface area contributed by atoms with Crippen LogP contribution in [0.1, 0.15) is 29.0 Å². The van der Waals surface area contributed by atoms with Crippen molar-refractivity contribution in [2.24, 2.45) is 0 Å². The molecule has 102 valence electrons. The minimum Gasteiger partial charge on any atom is -0.369 e. The van der Waals surface area contributed by atoms with Crippen molar-refractivity contribution in [2.45, 2.75) is 19.3 Å². The quantitative estimate of drug-likeness (QED) is 0.723. The molecule has 0 fully saturated rings. The molecule has 0 radical (unpaired) electrons. The minimum absolute atomic E-state index is 0.00129. The largest absolute Gasteiger partial charge is 0.369 e. The zero-order valence-corrected chi connectivity index (χ0v) is 10.9. The van der Waals surface area contributed by atoms with Gasteiger partial charge in [-0.2, -0.15) is 4.98 Å². The van der Waals surface area contributed by atoms with E-state index in [2.05, 4.69) is 15.3 Å². The van der Waals surface area contributed by atoms with Crippen molar-refractivity contribution in [1.29, 1.82) is 0 Å². The Morgan fingerprint density at radius 3 is 2.65 bits per heavy atom. The van der Waals surface area contributed by atoms with Gasteiger partial charge in [-0.3, -0.25) is 14.6 Å². The van der Waals surface area contributed by atoms with Gasteiger partial charge in [0.05, 0.1) is 5.56 Å². The Bertz CT molecular complexity index is 734. The van der Waals surface area contributed by atoms with Crippen LogP contribution >= 0.6 is 0 Å². The molecule has 0 saturated carbocycles. The number of anilines is 2. The number of nitrogen functional groups attached to an aromatic ring is 1. The highest BCUT2D eigenvalue weighted by molar-refractivity contribution is 5.94. The number of amides is 1. The fourth-order valence-electron chi connectivity index (χ4n) is 2.47. The molecule has 1 aliphatic heterocycles. The van der Waals surface area contributed by atoms with Crippen LogP contribution in [0.2, 0.25) is 0 Å². The molecule has 0 bridgehead atoms. The first-order valence-corrected chi connectivity index (χ1v) is 6.30. The standard InChI is InChI=1S/C14H14N4O2/c1-7-2-4-8(5-3-7)9-6-10(19)16-12-11(9)13(20)18-14(15)17-12/h2-5,9H,6H2,1H3,(H4,15,16,17,18,19,20)/t9-/m0/s1. The number of aromatic nitrogens is 2. The Hall–Kier alpha value is -2.63. The van der Waals surface area contributed by atoms with Gasteiger partial charge in [-0.25, -0.2) is 0 Å². The van der Waals surface area contributed by atoms with Crippen LogP contribution in [0.5, 0.6) is 0 Å². The molecule has 1 amide bonds. The van der Waals surface area contributed by atoms with E-state index < -0.39 is 0 Å². The lowest BCUT2D eigenvalue weighted by Gasteiger charge is -2.24. The molecule has 2 aromatic rings. The molecule has 1 aromatic heterocycles. The number of benzene rings is 1. The number of rotatable bonds is 1. The number of nitrogens with two attached hydrogens (primary N) is 1. The van der Waals surface area contributed by atoms with Gasteiger partial charge in [0.2, 0.25) is 11.9 Å². The summed E-state index contributed by atoms with van der Waals surface area (Å²) in [7, 11) is 0. The van der Waals surface area contributed by atoms with E-state index in [0.717, 1.165) is 11.1 Å². The van der Waals surface area contributed by atoms with Crippen LogP contribution in [0.15, 0.2) is 29.1 Å². The summed E-state index contributed by atoms with van der Waals surface area (Å²) in [5.41, 5.74) is 7.71. The van der Waals surface area contributed by atoms with Crippen LogP contribution in [-0.4, -0.2) is 15.9 Å². The monoisotopic (exact) mass is 270 g/mol. The number of nitrogens with zero attached hydrogens (tertiary/aromatic N) is 1. The second kappa shape index (κ2) is 4.48. The molecule has 20 heavy (non-hydrogen) atoms. The van der Waals surface area contributed by atoms with E-state index in [0.29, 0.717) is 5.56 Å². The predicted molar refractivity (Wildman–Crippen MR) is 75.5 cm³/mol. The third-order valence-corrected chi connectivity index (χ3v) is 3.45. The number of nitrogens with one attached hydrogen (secondary N) is 2. The van der Waals surface area contributed by atoms with Crippen molar-refractivity contribution >= 4 is 17.7 Å². The van der Waals surface area contributed by atoms with E-state index in [1.807, 2.05) is 31.2 Å². The summed E-state index contributed by atoms with van der Waals surface area (Å²) in [6, 6.07) is 7.78. The van der Waals surface area contributed by atoms with Gasteiger partial charge in [0.25, 0.3) is 5.56 Å². The summed E-state index contributed by atoms with van der Waals surface area (Å²) in [6.07, 6.45) is 0.227. The number of hydrogen-bond acceptors (Lipinski definition) is 4. The van der Waals surface area contributed by atoms with Crippen LogP contribution in [0, 0.1) is 6.92 Å². The van der Waals surface area contributed by atoms with Crippen molar-refractivity contribution in [3.05, 3.63) is 51.3 Å². The Labute approximate surface area is 115 Å². The molecule has 1 aromatic carbocycles. The molecule has 0 aliphatic carbocycles. The van der Waals surface area contributed by atoms with Gasteiger partial charge in [0.1, 0.15) is 5.82 Å². The number of carbonyl (C=O) groups excluding carboxylic acids is 1. The SMILES string of the molecule is Cc1ccc([C@@H]2CC(=O)Nc3nc(N)[nH]c(=O)c32)cc1. The molecule has 4 N–H and O–H groups in total. The minimum atomic E-state index is -0.307. The normalized spacial score (nSPS) is 17.4. The molecule has 0 unspecified atom stereocenters. The number of hydrogen-bond donors (Lipinski definition) is 3. The van der Waals surface area contributed by atoms with E-state index in [9.17, 15) is 9.59 Å². The van der Waals surface area contributed by atoms with Crippen LogP contribution in [0.3, 0.4) is 0 Å². The third-order valence-electron chi connectivity index (χ3n) is 3.45. The van der Waals surface area contributed by atoms with Gasteiger partial charge < -0.3 is 11.1 Å². The number of aromatic amines is 1. The molecular weight excluding hydrogens is 256 g/mol. The van der Waals surface area contributed by atoms with Crippen LogP contribution in [0.4, 0.5) is 11.8 Å². The van der Waals surface area contributed by atoms with E-state index in [1.165, 1.54) is 0 Å². The first kappa shape index (κ1) is 12.4. The summed E-state index contributed by atoms with van der Waals surface area (Å²) >= 11 is 0. The summed E-state index contributed by atoms with van der Waals surface area (Å²) < 4.78 is 0. The lowest BCUT2D eigenvalue weighted by Crippen LogP contribution is -2.31. The summed E-state index contributed by atoms with van der Waals surface area (Å²) in [4.78, 5) is 30.4. The number of carbonyl (C=O) groups is 1. The van der Waals surface area contributed by atoms with Crippen molar-refractivity contribution in [3.63, 3.8) is 0 Å². The van der Waals surface area contributed by atoms with Gasteiger partial charge in [-0.1, -0.05) is 29.8 Å². The first-order valence-electron chi connectivity index (χ1n) is 6.30. The average Bonchev–Trinajstić information content (AvgIpc) is 2.37. The number of aryl methyl sites for hydroxylation is 1. The lowest BCUT2D eigenvalue weighted by atomic mass is 9.86. The maximum Gasteiger partial charge on any atom is 0.258 e. The van der Waals surface area contributed by atoms with Crippen molar-refractivity contribution in [3.8, 4) is 0 Å². The molecule has 2 heterocycles. The van der Waals surface area contributed by atoms with Crippen LogP contribution < -0.4 is 16.6 Å². The molecule has 3 rings (SSSR count). The zero-order chi connectivity index (χ0) is 14.3. The van der Waals surface area contributed by atoms with Gasteiger partial charge >= 0.3 is 0 Å². The highest BCUT2D eigenvalue weighted by atomic mass is 16.2. The molecule has 0 saturated heterocycles. The third kappa shape index (κ3) is 2.05. The summed E-state index contributed by atoms with van der Waals surface area (Å²) in [6.45, 7) is 1.99. The fourth-order valence-corrected chi connectivity index (χ4v) is 2.47. The maximum absolute atomic E-state index is 12.1. The molecule has 6 nitrogen and oxygen atoms in total. The molecule has 1 aliphatic rings. The summed E-state index contributed by atoms with van der Waals surface area (Å²) in [5, 5.41) is 2.60. The second-order valence-corrected chi connectivity index (χ2v) is 4.93. The topological polar surface area (TPSA) is 101 Å². The van der Waals surface area contributed by atoms with Gasteiger partial charge in [-0.15, -0.1) is 0 Å². The smallest absolute Gasteiger partial charge is 0.258 e. The second-order valence-electron chi connectivity index (χ2n) is 4.93. The first-order chi connectivity index (χ1) is 9.54. The Kier molecular flexibility index (Phi) is 2.78. The van der Waals surface area contributed by atoms with E-state index in [-0.39, 0.29) is 35.6 Å². The van der Waals surface area contributed by atoms with E-state index in [1.54, 1.807) is 0 Å². The molecular formula is C14H14N4O2. The highest BCUT2D eigenvalue weighted by Gasteiger charge is 2.30. The van der Waals surface area contributed by atoms with Crippen LogP contribution in [0.25, 0.3) is 0 Å². The highest BCUT2D eigenvalue weighted by Crippen LogP contribution is 2.33. The Balaban J connectivity index is 2.17. The zero-order valence-electron chi connectivity index (χ0n) is 10.9. The van der Waals surface area contributed by atoms with E-state index >= 15 is 0 Å². The van der Waals surface area contributed by atoms with E-state index in [4.69, 9.17) is 5.73 Å². The molecule has 1 atom stereocenters. The molecule has 0 spiro atoms. The molecule has 6 heteroatoms. The Morgan fingerprint density at radius 1 is 1.25 bits per heavy atom. The number of fused-ring (bicyclic) bond motifs is 1. The van der Waals surface area contributed by atoms with Crippen molar-refractivity contribution < 1.29 is 4.79 Å². The predicted octanol–water partition coefficient (Wildman–Crippen LogP) is 1.13. The van der Waals surface area contributed by atoms with Crippen molar-refractivity contribution in [1.82, 2.24) is 9.97 Å². The maximum atomic E-state index is 12.1. The number of H-pyrrole nitrogens is 1. The van der Waals surface area contributed by atoms with Gasteiger partial charge in [0.15, 0.2) is 0 Å². The van der Waals surface area contributed by atoms with Gasteiger partial charge in [-0.05, 0) is 12.5 Å². The lowest BCUT2D eigenvalue weighted by molar-refractivity contribution is -0.116. The summed E-state index contributed by atoms with van der Waals surface area (Å²) in [5.74, 6) is -0.205. The van der Waals surface area contributed by atoms with Gasteiger partial charge in [0, 0.05) is 12.3 Å². The van der Waals surface area contributed by atoms with Crippen molar-refractivity contribution in [2.75, 3.05) is 11.1 Å². The Morgan fingerprint density at radius 2 is 1.95 bits per heavy atom. The fraction of sp³-hybridized carbons (Fsp3) is 0.214. The van der Waals surface area contributed by atoms with Crippen LogP contribution in [-0.2, 0) is 4.79 Å².